The Balaban J connectivity index is 1.88. The number of ether oxygens (including phenoxy) is 1. The first-order chi connectivity index (χ1) is 6.60. The maximum Gasteiger partial charge on any atom is 0.303 e. The van der Waals surface area contributed by atoms with Gasteiger partial charge < -0.3 is 14.7 Å². The normalized spacial score (nSPS) is 31.4. The van der Waals surface area contributed by atoms with Crippen LogP contribution in [0.5, 0.6) is 0 Å². The van der Waals surface area contributed by atoms with Crippen molar-refractivity contribution in [3.63, 3.8) is 0 Å². The van der Waals surface area contributed by atoms with E-state index in [1.54, 1.807) is 0 Å². The topological polar surface area (TPSA) is 49.8 Å². The van der Waals surface area contributed by atoms with E-state index in [1.165, 1.54) is 0 Å². The zero-order valence-electron chi connectivity index (χ0n) is 8.53. The Labute approximate surface area is 83.8 Å². The lowest BCUT2D eigenvalue weighted by atomic mass is 9.79. The molecule has 2 aliphatic heterocycles. The van der Waals surface area contributed by atoms with Crippen LogP contribution in [0, 0.1) is 5.92 Å². The monoisotopic (exact) mass is 199 g/mol. The van der Waals surface area contributed by atoms with Crippen LogP contribution in [-0.4, -0.2) is 48.3 Å². The van der Waals surface area contributed by atoms with Crippen LogP contribution in [0.15, 0.2) is 0 Å². The van der Waals surface area contributed by atoms with Gasteiger partial charge in [-0.3, -0.25) is 4.79 Å². The molecule has 80 valence electrons. The zero-order chi connectivity index (χ0) is 10.2. The Bertz CT molecular complexity index is 230. The predicted octanol–water partition coefficient (Wildman–Crippen LogP) is 0.572. The smallest absolute Gasteiger partial charge is 0.303 e. The summed E-state index contributed by atoms with van der Waals surface area (Å²) in [4.78, 5) is 12.8. The van der Waals surface area contributed by atoms with Crippen molar-refractivity contribution in [2.75, 3.05) is 26.7 Å². The van der Waals surface area contributed by atoms with Crippen LogP contribution >= 0.6 is 0 Å². The van der Waals surface area contributed by atoms with Crippen molar-refractivity contribution < 1.29 is 14.6 Å². The Kier molecular flexibility index (Phi) is 2.49. The van der Waals surface area contributed by atoms with Gasteiger partial charge in [-0.25, -0.2) is 0 Å². The third-order valence-corrected chi connectivity index (χ3v) is 3.17. The highest BCUT2D eigenvalue weighted by molar-refractivity contribution is 5.67. The molecule has 2 heterocycles. The fraction of sp³-hybridized carbons (Fsp3) is 0.900. The third kappa shape index (κ3) is 1.91. The van der Waals surface area contributed by atoms with Crippen molar-refractivity contribution in [2.45, 2.75) is 24.9 Å². The van der Waals surface area contributed by atoms with Gasteiger partial charge in [0.1, 0.15) is 0 Å². The van der Waals surface area contributed by atoms with Gasteiger partial charge in [0.15, 0.2) is 0 Å². The minimum Gasteiger partial charge on any atom is -0.481 e. The molecule has 4 nitrogen and oxygen atoms in total. The second-order valence-corrected chi connectivity index (χ2v) is 4.66. The molecule has 1 N–H and O–H groups in total. The van der Waals surface area contributed by atoms with Crippen LogP contribution in [0.3, 0.4) is 0 Å². The number of nitrogens with zero attached hydrogens (tertiary/aromatic N) is 1. The highest BCUT2D eigenvalue weighted by Gasteiger charge is 2.46. The molecule has 2 saturated heterocycles. The van der Waals surface area contributed by atoms with Crippen molar-refractivity contribution in [1.29, 1.82) is 0 Å². The highest BCUT2D eigenvalue weighted by atomic mass is 16.5. The van der Waals surface area contributed by atoms with E-state index in [2.05, 4.69) is 11.9 Å². The lowest BCUT2D eigenvalue weighted by Gasteiger charge is -2.52. The van der Waals surface area contributed by atoms with Crippen molar-refractivity contribution >= 4 is 5.97 Å². The minimum absolute atomic E-state index is 0.00683. The second-order valence-electron chi connectivity index (χ2n) is 4.66. The molecule has 1 spiro atoms. The van der Waals surface area contributed by atoms with Crippen LogP contribution in [0.4, 0.5) is 0 Å². The summed E-state index contributed by atoms with van der Waals surface area (Å²) in [6.45, 7) is 2.65. The molecule has 0 amide bonds. The molecule has 4 heteroatoms. The van der Waals surface area contributed by atoms with Crippen molar-refractivity contribution in [1.82, 2.24) is 4.90 Å². The first kappa shape index (κ1) is 9.93. The molecule has 1 unspecified atom stereocenters. The largest absolute Gasteiger partial charge is 0.481 e. The summed E-state index contributed by atoms with van der Waals surface area (Å²) >= 11 is 0. The van der Waals surface area contributed by atoms with Gasteiger partial charge in [-0.15, -0.1) is 0 Å². The number of likely N-dealkylation sites (N-methyl/N-ethyl adjacent to an activating group) is 1. The van der Waals surface area contributed by atoms with E-state index in [4.69, 9.17) is 9.84 Å². The highest BCUT2D eigenvalue weighted by Crippen LogP contribution is 2.37. The second kappa shape index (κ2) is 3.51. The van der Waals surface area contributed by atoms with Gasteiger partial charge >= 0.3 is 5.97 Å². The molecule has 2 aliphatic rings. The van der Waals surface area contributed by atoms with E-state index in [0.29, 0.717) is 12.3 Å². The lowest BCUT2D eigenvalue weighted by Crippen LogP contribution is -2.63. The minimum atomic E-state index is -0.681. The molecule has 2 rings (SSSR count). The Morgan fingerprint density at radius 3 is 2.93 bits per heavy atom. The third-order valence-electron chi connectivity index (χ3n) is 3.17. The average Bonchev–Trinajstić information content (AvgIpc) is 2.00. The molecule has 0 aromatic rings. The predicted molar refractivity (Wildman–Crippen MR) is 51.2 cm³/mol. The van der Waals surface area contributed by atoms with Crippen LogP contribution in [-0.2, 0) is 9.53 Å². The van der Waals surface area contributed by atoms with Gasteiger partial charge in [0.05, 0.1) is 5.60 Å². The van der Waals surface area contributed by atoms with E-state index < -0.39 is 5.97 Å². The van der Waals surface area contributed by atoms with Gasteiger partial charge in [-0.1, -0.05) is 0 Å². The van der Waals surface area contributed by atoms with Gasteiger partial charge in [-0.05, 0) is 25.8 Å². The van der Waals surface area contributed by atoms with E-state index in [0.717, 1.165) is 32.5 Å². The first-order valence-electron chi connectivity index (χ1n) is 5.14. The number of carbonyl (C=O) groups is 1. The molecule has 0 aromatic carbocycles. The van der Waals surface area contributed by atoms with Crippen molar-refractivity contribution in [3.8, 4) is 0 Å². The van der Waals surface area contributed by atoms with Gasteiger partial charge in [0, 0.05) is 26.1 Å². The lowest BCUT2D eigenvalue weighted by molar-refractivity contribution is -0.174. The first-order valence-corrected chi connectivity index (χ1v) is 5.14. The summed E-state index contributed by atoms with van der Waals surface area (Å²) in [5.41, 5.74) is -0.00683. The van der Waals surface area contributed by atoms with E-state index in [9.17, 15) is 4.79 Å². The van der Waals surface area contributed by atoms with Gasteiger partial charge in [0.2, 0.25) is 0 Å². The molecule has 1 atom stereocenters. The van der Waals surface area contributed by atoms with E-state index in [-0.39, 0.29) is 5.60 Å². The molecule has 0 radical (unpaired) electrons. The molecular weight excluding hydrogens is 182 g/mol. The van der Waals surface area contributed by atoms with Gasteiger partial charge in [-0.2, -0.15) is 0 Å². The summed E-state index contributed by atoms with van der Waals surface area (Å²) in [6, 6.07) is 0. The van der Waals surface area contributed by atoms with E-state index in [1.807, 2.05) is 0 Å². The Morgan fingerprint density at radius 2 is 2.36 bits per heavy atom. The number of aliphatic carboxylic acids is 1. The quantitative estimate of drug-likeness (QED) is 0.706. The van der Waals surface area contributed by atoms with Crippen molar-refractivity contribution in [3.05, 3.63) is 0 Å². The van der Waals surface area contributed by atoms with Crippen LogP contribution in [0.25, 0.3) is 0 Å². The summed E-state index contributed by atoms with van der Waals surface area (Å²) in [5.74, 6) is -0.366. The molecule has 14 heavy (non-hydrogen) atoms. The number of likely N-dealkylation sites (tertiary alicyclic amines) is 1. The molecule has 0 aliphatic carbocycles. The van der Waals surface area contributed by atoms with Gasteiger partial charge in [0.25, 0.3) is 0 Å². The summed E-state index contributed by atoms with van der Waals surface area (Å²) in [5, 5.41) is 8.73. The van der Waals surface area contributed by atoms with Crippen molar-refractivity contribution in [2.24, 2.45) is 5.92 Å². The number of hydrogen-bond donors (Lipinski definition) is 1. The standard InChI is InChI=1S/C10H17NO3/c1-11-6-10(7-11)5-8(2-3-14-10)4-9(12)13/h8H,2-7H2,1H3,(H,12,13). The number of hydrogen-bond acceptors (Lipinski definition) is 3. The maximum atomic E-state index is 10.6. The Hall–Kier alpha value is -0.610. The fourth-order valence-corrected chi connectivity index (χ4v) is 2.71. The van der Waals surface area contributed by atoms with E-state index >= 15 is 0 Å². The zero-order valence-corrected chi connectivity index (χ0v) is 8.53. The molecular formula is C10H17NO3. The van der Waals surface area contributed by atoms with Crippen LogP contribution < -0.4 is 0 Å². The molecule has 2 fully saturated rings. The summed E-state index contributed by atoms with van der Waals surface area (Å²) < 4.78 is 5.75. The maximum absolute atomic E-state index is 10.6. The van der Waals surface area contributed by atoms with Crippen LogP contribution in [0.2, 0.25) is 0 Å². The van der Waals surface area contributed by atoms with Crippen LogP contribution in [0.1, 0.15) is 19.3 Å². The molecule has 0 bridgehead atoms. The SMILES string of the molecule is CN1CC2(CC(CC(=O)O)CCO2)C1. The number of carboxylic acid groups (broad SMARTS) is 1. The average molecular weight is 199 g/mol. The molecule has 0 saturated carbocycles. The Morgan fingerprint density at radius 1 is 1.64 bits per heavy atom. The summed E-state index contributed by atoms with van der Waals surface area (Å²) in [6.07, 6.45) is 2.12. The number of carboxylic acids is 1. The summed E-state index contributed by atoms with van der Waals surface area (Å²) in [7, 11) is 2.06. The fourth-order valence-electron chi connectivity index (χ4n) is 2.71. The number of rotatable bonds is 2. The molecule has 0 aromatic heterocycles.